The van der Waals surface area contributed by atoms with Crippen LogP contribution in [0.15, 0.2) is 42.5 Å². The van der Waals surface area contributed by atoms with E-state index in [-0.39, 0.29) is 17.3 Å². The van der Waals surface area contributed by atoms with Crippen molar-refractivity contribution in [2.75, 3.05) is 14.1 Å². The molecule has 2 aromatic carbocycles. The van der Waals surface area contributed by atoms with Crippen LogP contribution in [0, 0.1) is 13.7 Å². The number of halogens is 1. The van der Waals surface area contributed by atoms with E-state index in [1.165, 1.54) is 17.0 Å². The summed E-state index contributed by atoms with van der Waals surface area (Å²) in [4.78, 5) is 24.2. The van der Waals surface area contributed by atoms with Crippen molar-refractivity contribution >= 4 is 34.2 Å². The fourth-order valence-corrected chi connectivity index (χ4v) is 2.27. The van der Waals surface area contributed by atoms with Crippen LogP contribution in [0.4, 0.5) is 5.69 Å². The van der Waals surface area contributed by atoms with E-state index in [2.05, 4.69) is 22.6 Å². The van der Waals surface area contributed by atoms with Crippen LogP contribution in [0.25, 0.3) is 0 Å². The van der Waals surface area contributed by atoms with E-state index < -0.39 is 4.92 Å². The van der Waals surface area contributed by atoms with Gasteiger partial charge in [-0.2, -0.15) is 0 Å². The Kier molecular flexibility index (Phi) is 4.96. The molecule has 0 spiro atoms. The highest BCUT2D eigenvalue weighted by Crippen LogP contribution is 2.33. The van der Waals surface area contributed by atoms with Crippen molar-refractivity contribution in [1.82, 2.24) is 4.90 Å². The number of rotatable bonds is 4. The monoisotopic (exact) mass is 412 g/mol. The Balaban J connectivity index is 2.48. The lowest BCUT2D eigenvalue weighted by Gasteiger charge is -2.15. The summed E-state index contributed by atoms with van der Waals surface area (Å²) in [6, 6.07) is 11.2. The minimum Gasteiger partial charge on any atom is -0.449 e. The highest BCUT2D eigenvalue weighted by molar-refractivity contribution is 14.1. The van der Waals surface area contributed by atoms with Gasteiger partial charge in [-0.05, 0) is 46.9 Å². The van der Waals surface area contributed by atoms with Crippen molar-refractivity contribution in [3.63, 3.8) is 0 Å². The lowest BCUT2D eigenvalue weighted by molar-refractivity contribution is -0.385. The number of para-hydroxylation sites is 2. The molecule has 0 fully saturated rings. The molecular weight excluding hydrogens is 399 g/mol. The first-order valence-corrected chi connectivity index (χ1v) is 7.40. The van der Waals surface area contributed by atoms with Crippen LogP contribution in [-0.4, -0.2) is 29.8 Å². The van der Waals surface area contributed by atoms with Crippen molar-refractivity contribution in [1.29, 1.82) is 0 Å². The first-order valence-electron chi connectivity index (χ1n) is 6.32. The Morgan fingerprint density at radius 3 is 2.50 bits per heavy atom. The van der Waals surface area contributed by atoms with E-state index in [0.717, 1.165) is 3.57 Å². The number of amides is 1. The second-order valence-electron chi connectivity index (χ2n) is 4.67. The molecule has 0 aliphatic rings. The Hall–Kier alpha value is -2.16. The third-order valence-electron chi connectivity index (χ3n) is 2.86. The third-order valence-corrected chi connectivity index (χ3v) is 3.53. The number of carbonyl (C=O) groups excluding carboxylic acids is 1. The standard InChI is InChI=1S/C15H13IN2O4/c1-17(2)15(19)11-8-7-10(16)9-14(11)22-13-6-4-3-5-12(13)18(20)21/h3-9H,1-2H3. The number of nitro groups is 1. The maximum absolute atomic E-state index is 12.2. The van der Waals surface area contributed by atoms with E-state index in [1.54, 1.807) is 44.4 Å². The van der Waals surface area contributed by atoms with Crippen LogP contribution in [0.3, 0.4) is 0 Å². The smallest absolute Gasteiger partial charge is 0.311 e. The zero-order valence-corrected chi connectivity index (χ0v) is 14.1. The van der Waals surface area contributed by atoms with Crippen molar-refractivity contribution < 1.29 is 14.5 Å². The molecule has 114 valence electrons. The molecule has 0 aliphatic carbocycles. The molecule has 0 bridgehead atoms. The number of hydrogen-bond acceptors (Lipinski definition) is 4. The predicted molar refractivity (Wildman–Crippen MR) is 90.3 cm³/mol. The number of ether oxygens (including phenoxy) is 1. The minimum atomic E-state index is -0.517. The SMILES string of the molecule is CN(C)C(=O)c1ccc(I)cc1Oc1ccccc1[N+](=O)[O-]. The lowest BCUT2D eigenvalue weighted by Crippen LogP contribution is -2.22. The maximum atomic E-state index is 12.2. The highest BCUT2D eigenvalue weighted by atomic mass is 127. The molecule has 0 atom stereocenters. The zero-order valence-electron chi connectivity index (χ0n) is 11.9. The van der Waals surface area contributed by atoms with Gasteiger partial charge in [0.25, 0.3) is 5.91 Å². The van der Waals surface area contributed by atoms with E-state index in [0.29, 0.717) is 11.3 Å². The molecule has 0 radical (unpaired) electrons. The molecule has 7 heteroatoms. The van der Waals surface area contributed by atoms with Gasteiger partial charge in [-0.3, -0.25) is 14.9 Å². The van der Waals surface area contributed by atoms with Gasteiger partial charge in [-0.15, -0.1) is 0 Å². The summed E-state index contributed by atoms with van der Waals surface area (Å²) >= 11 is 2.09. The summed E-state index contributed by atoms with van der Waals surface area (Å²) in [7, 11) is 3.27. The summed E-state index contributed by atoms with van der Waals surface area (Å²) < 4.78 is 6.52. The second-order valence-corrected chi connectivity index (χ2v) is 5.91. The van der Waals surface area contributed by atoms with Crippen molar-refractivity contribution in [3.05, 3.63) is 61.7 Å². The Labute approximate surface area is 141 Å². The van der Waals surface area contributed by atoms with E-state index in [9.17, 15) is 14.9 Å². The molecule has 6 nitrogen and oxygen atoms in total. The Morgan fingerprint density at radius 1 is 1.18 bits per heavy atom. The molecule has 0 aromatic heterocycles. The van der Waals surface area contributed by atoms with Crippen LogP contribution >= 0.6 is 22.6 Å². The van der Waals surface area contributed by atoms with Crippen LogP contribution in [0.5, 0.6) is 11.5 Å². The average Bonchev–Trinajstić information content (AvgIpc) is 2.47. The topological polar surface area (TPSA) is 72.7 Å². The second kappa shape index (κ2) is 6.73. The van der Waals surface area contributed by atoms with E-state index in [4.69, 9.17) is 4.74 Å². The molecule has 0 saturated carbocycles. The molecule has 0 saturated heterocycles. The largest absolute Gasteiger partial charge is 0.449 e. The average molecular weight is 412 g/mol. The summed E-state index contributed by atoms with van der Waals surface area (Å²) in [5, 5.41) is 11.1. The molecule has 0 aliphatic heterocycles. The van der Waals surface area contributed by atoms with Crippen molar-refractivity contribution in [2.45, 2.75) is 0 Å². The van der Waals surface area contributed by atoms with Crippen molar-refractivity contribution in [2.24, 2.45) is 0 Å². The molecular formula is C15H13IN2O4. The summed E-state index contributed by atoms with van der Waals surface area (Å²) in [6.45, 7) is 0. The van der Waals surface area contributed by atoms with Crippen molar-refractivity contribution in [3.8, 4) is 11.5 Å². The van der Waals surface area contributed by atoms with Crippen LogP contribution < -0.4 is 4.74 Å². The predicted octanol–water partition coefficient (Wildman–Crippen LogP) is 3.69. The molecule has 22 heavy (non-hydrogen) atoms. The van der Waals surface area contributed by atoms with E-state index in [1.807, 2.05) is 0 Å². The van der Waals surface area contributed by atoms with Gasteiger partial charge in [-0.25, -0.2) is 0 Å². The van der Waals surface area contributed by atoms with Gasteiger partial charge in [0.1, 0.15) is 5.75 Å². The maximum Gasteiger partial charge on any atom is 0.311 e. The molecule has 0 N–H and O–H groups in total. The van der Waals surface area contributed by atoms with Gasteiger partial charge in [-0.1, -0.05) is 12.1 Å². The first-order chi connectivity index (χ1) is 10.4. The fraction of sp³-hybridized carbons (Fsp3) is 0.133. The fourth-order valence-electron chi connectivity index (χ4n) is 1.81. The Morgan fingerprint density at radius 2 is 1.86 bits per heavy atom. The molecule has 2 aromatic rings. The van der Waals surface area contributed by atoms with Gasteiger partial charge in [0.15, 0.2) is 0 Å². The van der Waals surface area contributed by atoms with Gasteiger partial charge < -0.3 is 9.64 Å². The highest BCUT2D eigenvalue weighted by Gasteiger charge is 2.19. The summed E-state index contributed by atoms with van der Waals surface area (Å²) in [5.74, 6) is 0.159. The molecule has 2 rings (SSSR count). The van der Waals surface area contributed by atoms with E-state index >= 15 is 0 Å². The van der Waals surface area contributed by atoms with Gasteiger partial charge in [0, 0.05) is 23.7 Å². The number of benzene rings is 2. The Bertz CT molecular complexity index is 731. The number of nitrogens with zero attached hydrogens (tertiary/aromatic N) is 2. The van der Waals surface area contributed by atoms with Gasteiger partial charge in [0.05, 0.1) is 10.5 Å². The number of nitro benzene ring substituents is 1. The van der Waals surface area contributed by atoms with Gasteiger partial charge >= 0.3 is 5.69 Å². The third kappa shape index (κ3) is 3.53. The quantitative estimate of drug-likeness (QED) is 0.436. The molecule has 0 heterocycles. The number of carbonyl (C=O) groups is 1. The zero-order chi connectivity index (χ0) is 16.3. The summed E-state index contributed by atoms with van der Waals surface area (Å²) in [5.41, 5.74) is 0.202. The van der Waals surface area contributed by atoms with Crippen LogP contribution in [0.2, 0.25) is 0 Å². The van der Waals surface area contributed by atoms with Gasteiger partial charge in [0.2, 0.25) is 5.75 Å². The normalized spacial score (nSPS) is 10.1. The lowest BCUT2D eigenvalue weighted by atomic mass is 10.2. The molecule has 0 unspecified atom stereocenters. The van der Waals surface area contributed by atoms with Crippen LogP contribution in [0.1, 0.15) is 10.4 Å². The van der Waals surface area contributed by atoms with Crippen LogP contribution in [-0.2, 0) is 0 Å². The minimum absolute atomic E-state index is 0.0994. The molecule has 1 amide bonds. The first kappa shape index (κ1) is 16.2. The summed E-state index contributed by atoms with van der Waals surface area (Å²) in [6.07, 6.45) is 0. The number of hydrogen-bond donors (Lipinski definition) is 0.